The molecule has 0 fully saturated rings. The zero-order valence-corrected chi connectivity index (χ0v) is 29.1. The van der Waals surface area contributed by atoms with Crippen LogP contribution in [0.15, 0.2) is 191 Å². The molecule has 0 saturated carbocycles. The van der Waals surface area contributed by atoms with Crippen LogP contribution in [-0.2, 0) is 0 Å². The second-order valence-corrected chi connectivity index (χ2v) is 14.4. The van der Waals surface area contributed by atoms with Gasteiger partial charge in [-0.05, 0) is 120 Å². The lowest BCUT2D eigenvalue weighted by atomic mass is 9.85. The third-order valence-corrected chi connectivity index (χ3v) is 11.4. The molecule has 12 aromatic rings. The SMILES string of the molecule is c1ccc(-c2c3ccccc3c(-c3ccc4cc(-c5ccc6c(ccc7c6oc6ccc8c9ccccc9oc8c67)c5)ccc4c3)c3ccccc23)cc1. The fourth-order valence-corrected chi connectivity index (χ4v) is 8.94. The van der Waals surface area contributed by atoms with Crippen molar-refractivity contribution in [2.24, 2.45) is 0 Å². The second-order valence-electron chi connectivity index (χ2n) is 14.4. The summed E-state index contributed by atoms with van der Waals surface area (Å²) >= 11 is 0. The highest BCUT2D eigenvalue weighted by atomic mass is 16.3. The zero-order chi connectivity index (χ0) is 35.3. The van der Waals surface area contributed by atoms with E-state index >= 15 is 0 Å². The van der Waals surface area contributed by atoms with Crippen LogP contribution >= 0.6 is 0 Å². The summed E-state index contributed by atoms with van der Waals surface area (Å²) in [5.74, 6) is 0. The minimum atomic E-state index is 0.843. The summed E-state index contributed by atoms with van der Waals surface area (Å²) in [7, 11) is 0. The van der Waals surface area contributed by atoms with Gasteiger partial charge in [0.1, 0.15) is 22.3 Å². The van der Waals surface area contributed by atoms with Gasteiger partial charge in [0.15, 0.2) is 0 Å². The van der Waals surface area contributed by atoms with Crippen LogP contribution < -0.4 is 0 Å². The third kappa shape index (κ3) is 4.22. The van der Waals surface area contributed by atoms with Gasteiger partial charge in [0.25, 0.3) is 0 Å². The highest BCUT2D eigenvalue weighted by Gasteiger charge is 2.19. The molecule has 0 aliphatic rings. The molecule has 0 N–H and O–H groups in total. The molecule has 0 bridgehead atoms. The van der Waals surface area contributed by atoms with Crippen molar-refractivity contribution < 1.29 is 8.83 Å². The van der Waals surface area contributed by atoms with Crippen molar-refractivity contribution in [1.29, 1.82) is 0 Å². The molecule has 2 aromatic heterocycles. The van der Waals surface area contributed by atoms with Crippen LogP contribution in [0.1, 0.15) is 0 Å². The van der Waals surface area contributed by atoms with Gasteiger partial charge in [-0.2, -0.15) is 0 Å². The Morgan fingerprint density at radius 2 is 0.759 bits per heavy atom. The lowest BCUT2D eigenvalue weighted by Crippen LogP contribution is -1.90. The van der Waals surface area contributed by atoms with Crippen LogP contribution in [0.25, 0.3) is 120 Å². The number of hydrogen-bond acceptors (Lipinski definition) is 2. The van der Waals surface area contributed by atoms with E-state index in [0.717, 1.165) is 54.6 Å². The first-order chi connectivity index (χ1) is 26.8. The van der Waals surface area contributed by atoms with E-state index in [9.17, 15) is 0 Å². The molecule has 2 heteroatoms. The molecule has 0 aliphatic heterocycles. The van der Waals surface area contributed by atoms with Crippen molar-refractivity contribution in [3.8, 4) is 33.4 Å². The lowest BCUT2D eigenvalue weighted by molar-refractivity contribution is 0.665. The molecule has 250 valence electrons. The highest BCUT2D eigenvalue weighted by molar-refractivity contribution is 6.25. The number of benzene rings is 10. The Hall–Kier alpha value is -7.16. The topological polar surface area (TPSA) is 26.3 Å². The van der Waals surface area contributed by atoms with Gasteiger partial charge in [-0.3, -0.25) is 0 Å². The Labute approximate surface area is 310 Å². The van der Waals surface area contributed by atoms with Crippen LogP contribution in [-0.4, -0.2) is 0 Å². The molecule has 0 amide bonds. The maximum absolute atomic E-state index is 6.54. The largest absolute Gasteiger partial charge is 0.455 e. The molecule has 2 nitrogen and oxygen atoms in total. The summed E-state index contributed by atoms with van der Waals surface area (Å²) in [6.07, 6.45) is 0. The molecule has 0 radical (unpaired) electrons. The van der Waals surface area contributed by atoms with E-state index in [1.54, 1.807) is 0 Å². The number of furan rings is 2. The Kier molecular flexibility index (Phi) is 6.09. The minimum absolute atomic E-state index is 0.843. The van der Waals surface area contributed by atoms with Crippen LogP contribution in [0.3, 0.4) is 0 Å². The molecule has 12 rings (SSSR count). The maximum Gasteiger partial charge on any atom is 0.147 e. The van der Waals surface area contributed by atoms with Gasteiger partial charge in [-0.15, -0.1) is 0 Å². The smallest absolute Gasteiger partial charge is 0.147 e. The molecule has 0 spiro atoms. The predicted molar refractivity (Wildman–Crippen MR) is 227 cm³/mol. The van der Waals surface area contributed by atoms with E-state index in [-0.39, 0.29) is 0 Å². The van der Waals surface area contributed by atoms with E-state index in [0.29, 0.717) is 0 Å². The molecule has 0 unspecified atom stereocenters. The van der Waals surface area contributed by atoms with Gasteiger partial charge in [-0.25, -0.2) is 0 Å². The normalized spacial score (nSPS) is 12.1. The van der Waals surface area contributed by atoms with Crippen molar-refractivity contribution in [1.82, 2.24) is 0 Å². The standard InChI is InChI=1S/C52H30O2/c1-2-10-31(11-3-1)48-40-13-4-6-15-42(40)49(43-16-7-5-14-41(43)48)37-21-20-33-28-32(18-19-34(33)30-37)35-22-24-38-36(29-35)23-25-45-50-47(54-51(38)45)27-26-44-39-12-8-9-17-46(39)53-52(44)50/h1-30H. The Balaban J connectivity index is 0.967. The van der Waals surface area contributed by atoms with Crippen molar-refractivity contribution in [3.63, 3.8) is 0 Å². The van der Waals surface area contributed by atoms with E-state index in [4.69, 9.17) is 8.83 Å². The molecule has 2 heterocycles. The first-order valence-corrected chi connectivity index (χ1v) is 18.5. The van der Waals surface area contributed by atoms with Crippen molar-refractivity contribution in [2.75, 3.05) is 0 Å². The predicted octanol–water partition coefficient (Wildman–Crippen LogP) is 15.1. The van der Waals surface area contributed by atoms with E-state index < -0.39 is 0 Å². The average Bonchev–Trinajstić information content (AvgIpc) is 3.81. The monoisotopic (exact) mass is 686 g/mol. The third-order valence-electron chi connectivity index (χ3n) is 11.4. The maximum atomic E-state index is 6.54. The van der Waals surface area contributed by atoms with Gasteiger partial charge in [0.05, 0.1) is 5.39 Å². The average molecular weight is 687 g/mol. The first kappa shape index (κ1) is 29.4. The van der Waals surface area contributed by atoms with Crippen LogP contribution in [0.5, 0.6) is 0 Å². The molecule has 0 aliphatic carbocycles. The summed E-state index contributed by atoms with van der Waals surface area (Å²) < 4.78 is 12.9. The number of fused-ring (bicyclic) bond motifs is 12. The fourth-order valence-electron chi connectivity index (χ4n) is 8.94. The van der Waals surface area contributed by atoms with Crippen molar-refractivity contribution in [3.05, 3.63) is 182 Å². The first-order valence-electron chi connectivity index (χ1n) is 18.5. The number of hydrogen-bond donors (Lipinski definition) is 0. The zero-order valence-electron chi connectivity index (χ0n) is 29.1. The molecule has 10 aromatic carbocycles. The Morgan fingerprint density at radius 1 is 0.259 bits per heavy atom. The van der Waals surface area contributed by atoms with Gasteiger partial charge in [-0.1, -0.05) is 133 Å². The molecular formula is C52H30O2. The molecular weight excluding hydrogens is 657 g/mol. The van der Waals surface area contributed by atoms with Crippen LogP contribution in [0.4, 0.5) is 0 Å². The summed E-state index contributed by atoms with van der Waals surface area (Å²) in [4.78, 5) is 0. The van der Waals surface area contributed by atoms with Gasteiger partial charge >= 0.3 is 0 Å². The summed E-state index contributed by atoms with van der Waals surface area (Å²) in [6, 6.07) is 65.7. The van der Waals surface area contributed by atoms with E-state index in [2.05, 4.69) is 170 Å². The van der Waals surface area contributed by atoms with Crippen LogP contribution in [0, 0.1) is 0 Å². The molecule has 0 atom stereocenters. The summed E-state index contributed by atoms with van der Waals surface area (Å²) in [5, 5.41) is 14.1. The van der Waals surface area contributed by atoms with E-state index in [1.807, 2.05) is 12.1 Å². The quantitative estimate of drug-likeness (QED) is 0.173. The number of rotatable bonds is 3. The fraction of sp³-hybridized carbons (Fsp3) is 0. The van der Waals surface area contributed by atoms with Gasteiger partial charge in [0.2, 0.25) is 0 Å². The van der Waals surface area contributed by atoms with Crippen LogP contribution in [0.2, 0.25) is 0 Å². The molecule has 54 heavy (non-hydrogen) atoms. The minimum Gasteiger partial charge on any atom is -0.455 e. The Bertz CT molecular complexity index is 3430. The lowest BCUT2D eigenvalue weighted by Gasteiger charge is -2.18. The van der Waals surface area contributed by atoms with Crippen molar-refractivity contribution >= 4 is 87.0 Å². The van der Waals surface area contributed by atoms with E-state index in [1.165, 1.54) is 65.7 Å². The van der Waals surface area contributed by atoms with Gasteiger partial charge < -0.3 is 8.83 Å². The second kappa shape index (κ2) is 11.2. The van der Waals surface area contributed by atoms with Crippen molar-refractivity contribution in [2.45, 2.75) is 0 Å². The van der Waals surface area contributed by atoms with Gasteiger partial charge in [0, 0.05) is 21.5 Å². The summed E-state index contributed by atoms with van der Waals surface area (Å²) in [6.45, 7) is 0. The summed E-state index contributed by atoms with van der Waals surface area (Å²) in [5.41, 5.74) is 10.9. The highest BCUT2D eigenvalue weighted by Crippen LogP contribution is 2.45. The Morgan fingerprint density at radius 3 is 1.48 bits per heavy atom. The number of para-hydroxylation sites is 1. The molecule has 0 saturated heterocycles.